The van der Waals surface area contributed by atoms with E-state index in [1.165, 1.54) is 4.90 Å². The summed E-state index contributed by atoms with van der Waals surface area (Å²) in [6.45, 7) is 0. The molecule has 3 N–H and O–H groups in total. The fourth-order valence-electron chi connectivity index (χ4n) is 1.48. The largest absolute Gasteiger partial charge is 0.375 e. The van der Waals surface area contributed by atoms with Crippen molar-refractivity contribution in [3.05, 3.63) is 28.8 Å². The van der Waals surface area contributed by atoms with Gasteiger partial charge in [-0.25, -0.2) is 0 Å². The summed E-state index contributed by atoms with van der Waals surface area (Å²) in [5.74, 6) is 1.01. The van der Waals surface area contributed by atoms with Gasteiger partial charge >= 0.3 is 0 Å². The van der Waals surface area contributed by atoms with E-state index < -0.39 is 0 Å². The van der Waals surface area contributed by atoms with Crippen LogP contribution in [0.1, 0.15) is 12.0 Å². The lowest BCUT2D eigenvalue weighted by Gasteiger charge is -2.17. The van der Waals surface area contributed by atoms with Crippen molar-refractivity contribution in [1.29, 1.82) is 0 Å². The second kappa shape index (κ2) is 5.03. The Kier molecular flexibility index (Phi) is 3.68. The van der Waals surface area contributed by atoms with Gasteiger partial charge in [-0.05, 0) is 30.4 Å². The van der Waals surface area contributed by atoms with Crippen LogP contribution in [-0.2, 0) is 0 Å². The van der Waals surface area contributed by atoms with Crippen molar-refractivity contribution < 1.29 is 0 Å². The average molecular weight is 272 g/mol. The second-order valence-electron chi connectivity index (χ2n) is 3.27. The Labute approximate surface area is 108 Å². The molecule has 0 aliphatic carbocycles. The number of thioether (sulfide) groups is 1. The highest BCUT2D eigenvalue weighted by Gasteiger charge is 2.16. The van der Waals surface area contributed by atoms with E-state index in [4.69, 9.17) is 29.6 Å². The molecule has 6 heteroatoms. The molecule has 1 aromatic rings. The number of nitrogens with zero attached hydrogens (tertiary/aromatic N) is 1. The third-order valence-corrected chi connectivity index (χ3v) is 3.55. The molecule has 3 nitrogen and oxygen atoms in total. The zero-order valence-corrected chi connectivity index (χ0v) is 10.8. The fraction of sp³-hybridized carbons (Fsp3) is 0.200. The Hall–Kier alpha value is -0.780. The lowest BCUT2D eigenvalue weighted by molar-refractivity contribution is 1.01. The van der Waals surface area contributed by atoms with E-state index >= 15 is 0 Å². The van der Waals surface area contributed by atoms with Gasteiger partial charge in [-0.15, -0.1) is 11.8 Å². The maximum Gasteiger partial charge on any atom is 0.184 e. The van der Waals surface area contributed by atoms with Crippen LogP contribution in [0.2, 0.25) is 5.02 Å². The average Bonchev–Trinajstić information content (AvgIpc) is 2.26. The maximum absolute atomic E-state index is 5.97. The Bertz CT molecular complexity index is 459. The quantitative estimate of drug-likeness (QED) is 0.608. The standard InChI is InChI=1S/C10H10ClN3S2/c11-6-1-2-9-7(5-6)8(3-4-16-9)13-14-10(12)15/h1-2,5H,3-4H2,(H3,12,14,15)/b13-8-. The molecule has 0 bridgehead atoms. The molecule has 1 aliphatic rings. The number of halogens is 1. The van der Waals surface area contributed by atoms with Gasteiger partial charge in [-0.3, -0.25) is 5.43 Å². The fourth-order valence-corrected chi connectivity index (χ4v) is 2.71. The van der Waals surface area contributed by atoms with Crippen molar-refractivity contribution in [1.82, 2.24) is 5.43 Å². The minimum Gasteiger partial charge on any atom is -0.375 e. The van der Waals surface area contributed by atoms with Crippen molar-refractivity contribution in [3.8, 4) is 0 Å². The molecule has 0 fully saturated rings. The minimum absolute atomic E-state index is 0.175. The summed E-state index contributed by atoms with van der Waals surface area (Å²) in [6, 6.07) is 5.82. The molecule has 2 rings (SSSR count). The maximum atomic E-state index is 5.97. The predicted molar refractivity (Wildman–Crippen MR) is 73.3 cm³/mol. The van der Waals surface area contributed by atoms with Gasteiger partial charge in [0.05, 0.1) is 5.71 Å². The number of nitrogens with one attached hydrogen (secondary N) is 1. The Balaban J connectivity index is 2.35. The van der Waals surface area contributed by atoms with Crippen molar-refractivity contribution in [3.63, 3.8) is 0 Å². The molecule has 84 valence electrons. The number of benzene rings is 1. The molecular weight excluding hydrogens is 262 g/mol. The van der Waals surface area contributed by atoms with E-state index in [2.05, 4.69) is 10.5 Å². The van der Waals surface area contributed by atoms with Gasteiger partial charge in [0.15, 0.2) is 5.11 Å². The molecule has 0 spiro atoms. The van der Waals surface area contributed by atoms with E-state index in [9.17, 15) is 0 Å². The van der Waals surface area contributed by atoms with Gasteiger partial charge in [0.1, 0.15) is 0 Å². The van der Waals surface area contributed by atoms with Crippen molar-refractivity contribution in [2.45, 2.75) is 11.3 Å². The molecular formula is C10H10ClN3S2. The summed E-state index contributed by atoms with van der Waals surface area (Å²) in [4.78, 5) is 1.19. The molecule has 0 radical (unpaired) electrons. The monoisotopic (exact) mass is 271 g/mol. The third kappa shape index (κ3) is 2.66. The molecule has 16 heavy (non-hydrogen) atoms. The van der Waals surface area contributed by atoms with E-state index in [1.807, 2.05) is 18.2 Å². The van der Waals surface area contributed by atoms with Crippen LogP contribution >= 0.6 is 35.6 Å². The first-order valence-electron chi connectivity index (χ1n) is 4.71. The van der Waals surface area contributed by atoms with Crippen LogP contribution in [0.15, 0.2) is 28.2 Å². The Morgan fingerprint density at radius 1 is 1.56 bits per heavy atom. The number of rotatable bonds is 1. The first-order chi connectivity index (χ1) is 7.66. The highest BCUT2D eigenvalue weighted by Crippen LogP contribution is 2.31. The van der Waals surface area contributed by atoms with Crippen molar-refractivity contribution in [2.24, 2.45) is 10.8 Å². The van der Waals surface area contributed by atoms with E-state index in [-0.39, 0.29) is 5.11 Å². The molecule has 0 saturated carbocycles. The lowest BCUT2D eigenvalue weighted by Crippen LogP contribution is -2.26. The summed E-state index contributed by atoms with van der Waals surface area (Å²) in [5, 5.41) is 5.08. The summed E-state index contributed by atoms with van der Waals surface area (Å²) < 4.78 is 0. The number of hydrazone groups is 1. The zero-order chi connectivity index (χ0) is 11.5. The normalized spacial score (nSPS) is 16.9. The third-order valence-electron chi connectivity index (χ3n) is 2.15. The van der Waals surface area contributed by atoms with Gasteiger partial charge < -0.3 is 5.73 Å². The van der Waals surface area contributed by atoms with Crippen LogP contribution in [0, 0.1) is 0 Å². The van der Waals surface area contributed by atoms with Crippen molar-refractivity contribution in [2.75, 3.05) is 5.75 Å². The predicted octanol–water partition coefficient (Wildman–Crippen LogP) is 2.37. The van der Waals surface area contributed by atoms with Crippen LogP contribution in [0.25, 0.3) is 0 Å². The SMILES string of the molecule is NC(=S)N/N=C1/CCSc2ccc(Cl)cc21. The van der Waals surface area contributed by atoms with E-state index in [1.54, 1.807) is 11.8 Å². The topological polar surface area (TPSA) is 50.4 Å². The van der Waals surface area contributed by atoms with Crippen LogP contribution < -0.4 is 11.2 Å². The van der Waals surface area contributed by atoms with E-state index in [0.717, 1.165) is 23.4 Å². The van der Waals surface area contributed by atoms with Crippen LogP contribution in [0.5, 0.6) is 0 Å². The highest BCUT2D eigenvalue weighted by molar-refractivity contribution is 7.99. The number of thiocarbonyl (C=S) groups is 1. The van der Waals surface area contributed by atoms with Crippen LogP contribution in [0.3, 0.4) is 0 Å². The second-order valence-corrected chi connectivity index (χ2v) is 5.29. The molecule has 1 heterocycles. The first-order valence-corrected chi connectivity index (χ1v) is 6.49. The molecule has 0 aromatic heterocycles. The summed E-state index contributed by atoms with van der Waals surface area (Å²) in [6.07, 6.45) is 0.883. The number of fused-ring (bicyclic) bond motifs is 1. The van der Waals surface area contributed by atoms with Gasteiger partial charge in [0, 0.05) is 27.7 Å². The molecule has 1 aromatic carbocycles. The minimum atomic E-state index is 0.175. The van der Waals surface area contributed by atoms with Gasteiger partial charge in [-0.2, -0.15) is 5.10 Å². The van der Waals surface area contributed by atoms with Crippen molar-refractivity contribution >= 4 is 46.4 Å². The van der Waals surface area contributed by atoms with Gasteiger partial charge in [-0.1, -0.05) is 11.6 Å². The van der Waals surface area contributed by atoms with E-state index in [0.29, 0.717) is 5.02 Å². The molecule has 0 amide bonds. The lowest BCUT2D eigenvalue weighted by atomic mass is 10.1. The molecule has 0 saturated heterocycles. The molecule has 0 unspecified atom stereocenters. The van der Waals surface area contributed by atoms with Crippen LogP contribution in [0.4, 0.5) is 0 Å². The first kappa shape index (κ1) is 11.7. The van der Waals surface area contributed by atoms with Gasteiger partial charge in [0.2, 0.25) is 0 Å². The summed E-state index contributed by atoms with van der Waals surface area (Å²) in [5.41, 5.74) is 9.97. The number of nitrogens with two attached hydrogens (primary N) is 1. The zero-order valence-electron chi connectivity index (χ0n) is 8.37. The summed E-state index contributed by atoms with van der Waals surface area (Å²) >= 11 is 12.5. The summed E-state index contributed by atoms with van der Waals surface area (Å²) in [7, 11) is 0. The Morgan fingerprint density at radius 2 is 2.38 bits per heavy atom. The molecule has 1 aliphatic heterocycles. The Morgan fingerprint density at radius 3 is 3.12 bits per heavy atom. The molecule has 0 atom stereocenters. The van der Waals surface area contributed by atoms with Crippen LogP contribution in [-0.4, -0.2) is 16.6 Å². The smallest absolute Gasteiger partial charge is 0.184 e. The number of hydrogen-bond donors (Lipinski definition) is 2. The van der Waals surface area contributed by atoms with Gasteiger partial charge in [0.25, 0.3) is 0 Å². The number of hydrogen-bond acceptors (Lipinski definition) is 3. The highest BCUT2D eigenvalue weighted by atomic mass is 35.5.